The van der Waals surface area contributed by atoms with E-state index in [1.54, 1.807) is 12.2 Å². The van der Waals surface area contributed by atoms with Gasteiger partial charge in [-0.3, -0.25) is 4.79 Å². The summed E-state index contributed by atoms with van der Waals surface area (Å²) in [4.78, 5) is 11.1. The minimum atomic E-state index is -0.262. The Morgan fingerprint density at radius 1 is 1.25 bits per heavy atom. The number of carbonyl (C=O) groups excluding carboxylic acids is 1. The van der Waals surface area contributed by atoms with E-state index in [-0.39, 0.29) is 11.9 Å². The van der Waals surface area contributed by atoms with Crippen LogP contribution in [0.3, 0.4) is 0 Å². The van der Waals surface area contributed by atoms with Crippen molar-refractivity contribution < 1.29 is 9.53 Å². The Morgan fingerprint density at radius 2 is 1.95 bits per heavy atom. The van der Waals surface area contributed by atoms with Crippen LogP contribution >= 0.6 is 0 Å². The maximum Gasteiger partial charge on any atom is 0.302 e. The molecule has 0 amide bonds. The van der Waals surface area contributed by atoms with Gasteiger partial charge in [0.05, 0.1) is 0 Å². The van der Waals surface area contributed by atoms with Crippen LogP contribution in [-0.2, 0) is 9.53 Å². The number of allylic oxidation sites excluding steroid dienone is 5. The number of benzene rings is 1. The summed E-state index contributed by atoms with van der Waals surface area (Å²) in [6, 6.07) is 8.16. The van der Waals surface area contributed by atoms with Crippen LogP contribution in [0.2, 0.25) is 0 Å². The highest BCUT2D eigenvalue weighted by Gasteiger charge is 2.31. The summed E-state index contributed by atoms with van der Waals surface area (Å²) in [6.07, 6.45) is 7.50. The fourth-order valence-corrected chi connectivity index (χ4v) is 2.57. The zero-order valence-corrected chi connectivity index (χ0v) is 11.6. The van der Waals surface area contributed by atoms with Gasteiger partial charge in [-0.2, -0.15) is 0 Å². The summed E-state index contributed by atoms with van der Waals surface area (Å²) in [5.41, 5.74) is 4.57. The van der Waals surface area contributed by atoms with Crippen molar-refractivity contribution in [3.63, 3.8) is 0 Å². The van der Waals surface area contributed by atoms with Gasteiger partial charge >= 0.3 is 5.97 Å². The fourth-order valence-electron chi connectivity index (χ4n) is 2.57. The van der Waals surface area contributed by atoms with Gasteiger partial charge in [-0.15, -0.1) is 0 Å². The third-order valence-corrected chi connectivity index (χ3v) is 3.35. The second-order valence-corrected chi connectivity index (χ2v) is 4.62. The molecule has 0 N–H and O–H groups in total. The van der Waals surface area contributed by atoms with Crippen LogP contribution < -0.4 is 0 Å². The smallest absolute Gasteiger partial charge is 0.302 e. The molecule has 102 valence electrons. The summed E-state index contributed by atoms with van der Waals surface area (Å²) in [7, 11) is 0. The Labute approximate surface area is 119 Å². The number of carbonyl (C=O) groups is 1. The first-order valence-electron chi connectivity index (χ1n) is 6.57. The summed E-state index contributed by atoms with van der Waals surface area (Å²) < 4.78 is 5.22. The van der Waals surface area contributed by atoms with Crippen LogP contribution in [0.1, 0.15) is 24.0 Å². The first-order valence-corrected chi connectivity index (χ1v) is 6.57. The molecule has 2 nitrogen and oxygen atoms in total. The highest BCUT2D eigenvalue weighted by atomic mass is 16.5. The fraction of sp³-hybridized carbons (Fsp3) is 0.167. The number of ether oxygens (including phenoxy) is 1. The highest BCUT2D eigenvalue weighted by Crippen LogP contribution is 2.45. The second-order valence-electron chi connectivity index (χ2n) is 4.62. The van der Waals surface area contributed by atoms with Crippen molar-refractivity contribution in [2.24, 2.45) is 0 Å². The summed E-state index contributed by atoms with van der Waals surface area (Å²) in [5, 5.41) is 0. The number of fused-ring (bicyclic) bond motifs is 1. The molecule has 0 spiro atoms. The number of hydrogen-bond acceptors (Lipinski definition) is 2. The SMILES string of the molecule is C=C/C=C1\C(=C/C=C)c2ccccc2C1COC(C)=O. The number of esters is 1. The molecule has 1 aliphatic carbocycles. The molecule has 1 atom stereocenters. The van der Waals surface area contributed by atoms with E-state index in [0.29, 0.717) is 6.61 Å². The van der Waals surface area contributed by atoms with Gasteiger partial charge in [0.25, 0.3) is 0 Å². The minimum absolute atomic E-state index is 0.0549. The van der Waals surface area contributed by atoms with Gasteiger partial charge in [0.15, 0.2) is 0 Å². The Kier molecular flexibility index (Phi) is 4.36. The van der Waals surface area contributed by atoms with E-state index < -0.39 is 0 Å². The van der Waals surface area contributed by atoms with Crippen LogP contribution in [-0.4, -0.2) is 12.6 Å². The Hall–Kier alpha value is -2.35. The van der Waals surface area contributed by atoms with E-state index in [1.165, 1.54) is 12.5 Å². The Balaban J connectivity index is 2.50. The third kappa shape index (κ3) is 2.64. The van der Waals surface area contributed by atoms with E-state index in [2.05, 4.69) is 25.3 Å². The predicted octanol–water partition coefficient (Wildman–Crippen LogP) is 4.03. The first-order chi connectivity index (χ1) is 9.69. The van der Waals surface area contributed by atoms with Gasteiger partial charge in [-0.1, -0.05) is 61.7 Å². The van der Waals surface area contributed by atoms with Crippen molar-refractivity contribution in [1.29, 1.82) is 0 Å². The minimum Gasteiger partial charge on any atom is -0.465 e. The molecule has 1 aliphatic rings. The maximum absolute atomic E-state index is 11.1. The van der Waals surface area contributed by atoms with Crippen molar-refractivity contribution >= 4 is 11.5 Å². The van der Waals surface area contributed by atoms with Crippen molar-refractivity contribution in [1.82, 2.24) is 0 Å². The molecule has 0 aliphatic heterocycles. The molecular weight excluding hydrogens is 248 g/mol. The lowest BCUT2D eigenvalue weighted by Crippen LogP contribution is -2.09. The van der Waals surface area contributed by atoms with Crippen molar-refractivity contribution in [3.05, 3.63) is 78.4 Å². The normalized spacial score (nSPS) is 20.8. The van der Waals surface area contributed by atoms with Gasteiger partial charge in [-0.25, -0.2) is 0 Å². The summed E-state index contributed by atoms with van der Waals surface area (Å²) in [5.74, 6) is -0.208. The summed E-state index contributed by atoms with van der Waals surface area (Å²) in [6.45, 7) is 9.33. The lowest BCUT2D eigenvalue weighted by atomic mass is 9.97. The molecule has 0 heterocycles. The first kappa shape index (κ1) is 14.1. The second kappa shape index (κ2) is 6.20. The third-order valence-electron chi connectivity index (χ3n) is 3.35. The average molecular weight is 266 g/mol. The quantitative estimate of drug-likeness (QED) is 0.769. The van der Waals surface area contributed by atoms with Gasteiger partial charge in [0.1, 0.15) is 6.61 Å². The number of rotatable bonds is 4. The molecule has 20 heavy (non-hydrogen) atoms. The van der Waals surface area contributed by atoms with E-state index in [4.69, 9.17) is 4.74 Å². The zero-order valence-electron chi connectivity index (χ0n) is 11.6. The molecule has 0 bridgehead atoms. The van der Waals surface area contributed by atoms with Gasteiger partial charge < -0.3 is 4.74 Å². The highest BCUT2D eigenvalue weighted by molar-refractivity contribution is 5.89. The van der Waals surface area contributed by atoms with E-state index >= 15 is 0 Å². The molecule has 2 heteroatoms. The van der Waals surface area contributed by atoms with Gasteiger partial charge in [-0.05, 0) is 22.3 Å². The molecule has 1 unspecified atom stereocenters. The van der Waals surface area contributed by atoms with Gasteiger partial charge in [0.2, 0.25) is 0 Å². The predicted molar refractivity (Wildman–Crippen MR) is 82.3 cm³/mol. The molecule has 1 aromatic rings. The maximum atomic E-state index is 11.1. The van der Waals surface area contributed by atoms with Crippen molar-refractivity contribution in [2.75, 3.05) is 6.61 Å². The lowest BCUT2D eigenvalue weighted by Gasteiger charge is -2.13. The molecule has 1 aromatic carbocycles. The molecule has 0 saturated carbocycles. The zero-order chi connectivity index (χ0) is 14.5. The van der Waals surface area contributed by atoms with Crippen LogP contribution in [0, 0.1) is 0 Å². The Bertz CT molecular complexity index is 606. The summed E-state index contributed by atoms with van der Waals surface area (Å²) >= 11 is 0. The molecule has 2 rings (SSSR count). The van der Waals surface area contributed by atoms with E-state index in [9.17, 15) is 4.79 Å². The molecule has 0 radical (unpaired) electrons. The van der Waals surface area contributed by atoms with E-state index in [1.807, 2.05) is 24.3 Å². The average Bonchev–Trinajstić information content (AvgIpc) is 2.72. The molecule has 0 fully saturated rings. The van der Waals surface area contributed by atoms with Crippen LogP contribution in [0.25, 0.3) is 5.57 Å². The van der Waals surface area contributed by atoms with E-state index in [0.717, 1.165) is 16.7 Å². The monoisotopic (exact) mass is 266 g/mol. The van der Waals surface area contributed by atoms with Crippen molar-refractivity contribution in [2.45, 2.75) is 12.8 Å². The molecule has 0 saturated heterocycles. The van der Waals surface area contributed by atoms with Gasteiger partial charge in [0, 0.05) is 12.8 Å². The van der Waals surface area contributed by atoms with Crippen LogP contribution in [0.5, 0.6) is 0 Å². The molecule has 0 aromatic heterocycles. The van der Waals surface area contributed by atoms with Crippen LogP contribution in [0.4, 0.5) is 0 Å². The largest absolute Gasteiger partial charge is 0.465 e. The standard InChI is InChI=1S/C18H18O2/c1-4-8-14-15(9-5-2)18(12-20-13(3)19)17-11-7-6-10-16(14)17/h4-11,18H,1-2,12H2,3H3/b14-8+,15-9+. The van der Waals surface area contributed by atoms with Crippen molar-refractivity contribution in [3.8, 4) is 0 Å². The topological polar surface area (TPSA) is 26.3 Å². The van der Waals surface area contributed by atoms with Crippen LogP contribution in [0.15, 0.2) is 67.3 Å². The number of hydrogen-bond donors (Lipinski definition) is 0. The lowest BCUT2D eigenvalue weighted by molar-refractivity contribution is -0.141. The Morgan fingerprint density at radius 3 is 2.60 bits per heavy atom. The molecular formula is C18H18O2.